The van der Waals surface area contributed by atoms with Gasteiger partial charge in [0, 0.05) is 11.6 Å². The number of aryl methyl sites for hydroxylation is 1. The standard InChI is InChI=1S/C20H23NO/c1-14-3-5-15(6-4-14)11-19-18-8-7-17(22-2)12-16(18)13-20(21-19)9-10-20/h3-8,12,19,21H,9-11,13H2,1-2H3. The van der Waals surface area contributed by atoms with E-state index >= 15 is 0 Å². The van der Waals surface area contributed by atoms with Crippen molar-refractivity contribution >= 4 is 0 Å². The fourth-order valence-corrected chi connectivity index (χ4v) is 3.66. The SMILES string of the molecule is COc1ccc2c(c1)CC1(CC1)NC2Cc1ccc(C)cc1. The van der Waals surface area contributed by atoms with Crippen molar-refractivity contribution in [2.24, 2.45) is 0 Å². The summed E-state index contributed by atoms with van der Waals surface area (Å²) in [6, 6.07) is 15.9. The lowest BCUT2D eigenvalue weighted by Gasteiger charge is -2.34. The van der Waals surface area contributed by atoms with Gasteiger partial charge in [-0.1, -0.05) is 35.9 Å². The summed E-state index contributed by atoms with van der Waals surface area (Å²) in [4.78, 5) is 0. The van der Waals surface area contributed by atoms with Gasteiger partial charge in [-0.15, -0.1) is 0 Å². The summed E-state index contributed by atoms with van der Waals surface area (Å²) in [6.07, 6.45) is 4.80. The normalized spacial score (nSPS) is 21.5. The average Bonchev–Trinajstić information content (AvgIpc) is 3.27. The van der Waals surface area contributed by atoms with E-state index in [9.17, 15) is 0 Å². The first-order valence-corrected chi connectivity index (χ1v) is 8.18. The topological polar surface area (TPSA) is 21.3 Å². The van der Waals surface area contributed by atoms with Gasteiger partial charge < -0.3 is 10.1 Å². The predicted octanol–water partition coefficient (Wildman–Crippen LogP) is 3.97. The molecule has 1 N–H and O–H groups in total. The first-order valence-electron chi connectivity index (χ1n) is 8.18. The van der Waals surface area contributed by atoms with Crippen LogP contribution in [-0.4, -0.2) is 12.6 Å². The quantitative estimate of drug-likeness (QED) is 0.924. The van der Waals surface area contributed by atoms with Crippen LogP contribution in [0, 0.1) is 6.92 Å². The van der Waals surface area contributed by atoms with Gasteiger partial charge in [0.1, 0.15) is 5.75 Å². The lowest BCUT2D eigenvalue weighted by atomic mass is 9.86. The molecule has 4 rings (SSSR count). The van der Waals surface area contributed by atoms with Crippen LogP contribution in [0.25, 0.3) is 0 Å². The van der Waals surface area contributed by atoms with Gasteiger partial charge in [-0.05, 0) is 61.4 Å². The molecule has 1 heterocycles. The lowest BCUT2D eigenvalue weighted by molar-refractivity contribution is 0.379. The first kappa shape index (κ1) is 13.8. The van der Waals surface area contributed by atoms with Crippen LogP contribution in [0.2, 0.25) is 0 Å². The monoisotopic (exact) mass is 293 g/mol. The van der Waals surface area contributed by atoms with Crippen molar-refractivity contribution in [2.75, 3.05) is 7.11 Å². The van der Waals surface area contributed by atoms with Gasteiger partial charge in [0.15, 0.2) is 0 Å². The van der Waals surface area contributed by atoms with Gasteiger partial charge in [0.25, 0.3) is 0 Å². The molecule has 0 aromatic heterocycles. The van der Waals surface area contributed by atoms with E-state index < -0.39 is 0 Å². The molecular formula is C20H23NO. The minimum atomic E-state index is 0.356. The number of hydrogen-bond acceptors (Lipinski definition) is 2. The van der Waals surface area contributed by atoms with Gasteiger partial charge >= 0.3 is 0 Å². The summed E-state index contributed by atoms with van der Waals surface area (Å²) in [5, 5.41) is 3.92. The van der Waals surface area contributed by atoms with Crippen LogP contribution < -0.4 is 10.1 Å². The molecule has 1 fully saturated rings. The van der Waals surface area contributed by atoms with Crippen molar-refractivity contribution in [1.82, 2.24) is 5.32 Å². The Labute approximate surface area is 132 Å². The molecule has 2 aromatic carbocycles. The van der Waals surface area contributed by atoms with E-state index in [1.807, 2.05) is 0 Å². The second-order valence-electron chi connectivity index (χ2n) is 6.91. The van der Waals surface area contributed by atoms with Gasteiger partial charge in [-0.2, -0.15) is 0 Å². The Bertz CT molecular complexity index is 685. The summed E-state index contributed by atoms with van der Waals surface area (Å²) in [7, 11) is 1.75. The maximum atomic E-state index is 5.42. The maximum Gasteiger partial charge on any atom is 0.119 e. The van der Waals surface area contributed by atoms with Crippen LogP contribution in [0.4, 0.5) is 0 Å². The van der Waals surface area contributed by atoms with Crippen molar-refractivity contribution in [1.29, 1.82) is 0 Å². The Morgan fingerprint density at radius 2 is 1.91 bits per heavy atom. The van der Waals surface area contributed by atoms with Crippen molar-refractivity contribution in [3.8, 4) is 5.75 Å². The number of rotatable bonds is 3. The molecule has 1 unspecified atom stereocenters. The molecular weight excluding hydrogens is 270 g/mol. The third-order valence-corrected chi connectivity index (χ3v) is 5.15. The molecule has 0 amide bonds. The highest BCUT2D eigenvalue weighted by molar-refractivity contribution is 5.43. The summed E-state index contributed by atoms with van der Waals surface area (Å²) in [5.41, 5.74) is 5.99. The van der Waals surface area contributed by atoms with Gasteiger partial charge in [0.05, 0.1) is 7.11 Å². The highest BCUT2D eigenvalue weighted by Crippen LogP contribution is 2.46. The highest BCUT2D eigenvalue weighted by Gasteiger charge is 2.47. The minimum absolute atomic E-state index is 0.356. The summed E-state index contributed by atoms with van der Waals surface area (Å²) >= 11 is 0. The maximum absolute atomic E-state index is 5.42. The number of ether oxygens (including phenoxy) is 1. The number of hydrogen-bond donors (Lipinski definition) is 1. The summed E-state index contributed by atoms with van der Waals surface area (Å²) < 4.78 is 5.42. The van der Waals surface area contributed by atoms with Crippen LogP contribution in [0.3, 0.4) is 0 Å². The van der Waals surface area contributed by atoms with E-state index in [0.29, 0.717) is 11.6 Å². The van der Waals surface area contributed by atoms with Crippen molar-refractivity contribution in [2.45, 2.75) is 44.2 Å². The number of fused-ring (bicyclic) bond motifs is 1. The van der Waals surface area contributed by atoms with Crippen LogP contribution in [0.1, 0.15) is 41.1 Å². The zero-order valence-corrected chi connectivity index (χ0v) is 13.4. The Balaban J connectivity index is 1.66. The van der Waals surface area contributed by atoms with E-state index in [0.717, 1.165) is 18.6 Å². The molecule has 1 aliphatic heterocycles. The van der Waals surface area contributed by atoms with Crippen LogP contribution in [0.5, 0.6) is 5.75 Å². The predicted molar refractivity (Wildman–Crippen MR) is 89.4 cm³/mol. The molecule has 0 radical (unpaired) electrons. The van der Waals surface area contributed by atoms with Gasteiger partial charge in [0.2, 0.25) is 0 Å². The molecule has 22 heavy (non-hydrogen) atoms. The Morgan fingerprint density at radius 1 is 1.14 bits per heavy atom. The van der Waals surface area contributed by atoms with E-state index in [4.69, 9.17) is 4.74 Å². The Hall–Kier alpha value is -1.80. The second-order valence-corrected chi connectivity index (χ2v) is 6.91. The van der Waals surface area contributed by atoms with Crippen molar-refractivity contribution < 1.29 is 4.74 Å². The lowest BCUT2D eigenvalue weighted by Crippen LogP contribution is -2.42. The molecule has 1 saturated carbocycles. The molecule has 2 nitrogen and oxygen atoms in total. The fourth-order valence-electron chi connectivity index (χ4n) is 3.66. The molecule has 2 aliphatic rings. The van der Waals surface area contributed by atoms with E-state index in [1.165, 1.54) is 35.1 Å². The van der Waals surface area contributed by atoms with Crippen LogP contribution >= 0.6 is 0 Å². The molecule has 1 atom stereocenters. The molecule has 2 aromatic rings. The van der Waals surface area contributed by atoms with E-state index in [-0.39, 0.29) is 0 Å². The Morgan fingerprint density at radius 3 is 2.59 bits per heavy atom. The van der Waals surface area contributed by atoms with Crippen LogP contribution in [-0.2, 0) is 12.8 Å². The number of methoxy groups -OCH3 is 1. The van der Waals surface area contributed by atoms with Crippen molar-refractivity contribution in [3.63, 3.8) is 0 Å². The molecule has 114 valence electrons. The Kier molecular flexibility index (Phi) is 3.23. The smallest absolute Gasteiger partial charge is 0.119 e. The summed E-state index contributed by atoms with van der Waals surface area (Å²) in [6.45, 7) is 2.14. The fraction of sp³-hybridized carbons (Fsp3) is 0.400. The zero-order chi connectivity index (χ0) is 15.2. The van der Waals surface area contributed by atoms with E-state index in [1.54, 1.807) is 7.11 Å². The number of benzene rings is 2. The average molecular weight is 293 g/mol. The third kappa shape index (κ3) is 2.52. The van der Waals surface area contributed by atoms with Crippen molar-refractivity contribution in [3.05, 3.63) is 64.7 Å². The van der Waals surface area contributed by atoms with Gasteiger partial charge in [-0.25, -0.2) is 0 Å². The third-order valence-electron chi connectivity index (χ3n) is 5.15. The van der Waals surface area contributed by atoms with E-state index in [2.05, 4.69) is 54.7 Å². The molecule has 0 bridgehead atoms. The van der Waals surface area contributed by atoms with Crippen LogP contribution in [0.15, 0.2) is 42.5 Å². The van der Waals surface area contributed by atoms with Gasteiger partial charge in [-0.3, -0.25) is 0 Å². The molecule has 1 spiro atoms. The first-order chi connectivity index (χ1) is 10.7. The summed E-state index contributed by atoms with van der Waals surface area (Å²) in [5.74, 6) is 0.977. The number of nitrogens with one attached hydrogen (secondary N) is 1. The molecule has 2 heteroatoms. The molecule has 1 aliphatic carbocycles. The zero-order valence-electron chi connectivity index (χ0n) is 13.4. The minimum Gasteiger partial charge on any atom is -0.497 e. The largest absolute Gasteiger partial charge is 0.497 e. The molecule has 0 saturated heterocycles. The highest BCUT2D eigenvalue weighted by atomic mass is 16.5. The second kappa shape index (κ2) is 5.13.